The number of aromatic carboxylic acids is 1. The van der Waals surface area contributed by atoms with Gasteiger partial charge in [-0.1, -0.05) is 0 Å². The number of sulfone groups is 2. The SMILES string of the molecule is CCOCCCS(=O)(=O)c1ccc(N=Nc2c(N)c(N=Nc3ccc(S(=O)(=O)CCOS(=O)(=O)O)cc3S(=O)(=O)O)c(N)c(N=Nc3ccc(SC#COOS(=O)(=O)O)cc3S(=O)(=O)O)c2C(=O)O)c(S(=O)(=O)O)c1. The first-order valence-corrected chi connectivity index (χ1v) is 30.4. The van der Waals surface area contributed by atoms with Crippen molar-refractivity contribution in [3.8, 4) is 11.4 Å². The van der Waals surface area contributed by atoms with Gasteiger partial charge in [0.2, 0.25) is 0 Å². The second kappa shape index (κ2) is 24.2. The molecule has 0 heterocycles. The Hall–Kier alpha value is -6.21. The van der Waals surface area contributed by atoms with Crippen LogP contribution >= 0.6 is 11.8 Å². The quantitative estimate of drug-likeness (QED) is 0.00715. The summed E-state index contributed by atoms with van der Waals surface area (Å²) in [5, 5.41) is 34.7. The molecule has 41 heteroatoms. The highest BCUT2D eigenvalue weighted by Crippen LogP contribution is 2.50. The summed E-state index contributed by atoms with van der Waals surface area (Å²) in [4.78, 5) is 11.7. The van der Waals surface area contributed by atoms with E-state index in [-0.39, 0.29) is 24.5 Å². The number of anilines is 2. The van der Waals surface area contributed by atoms with Crippen molar-refractivity contribution >= 4 is 134 Å². The van der Waals surface area contributed by atoms with Crippen LogP contribution in [0.1, 0.15) is 23.7 Å². The van der Waals surface area contributed by atoms with Gasteiger partial charge in [0.15, 0.2) is 25.8 Å². The van der Waals surface area contributed by atoms with Crippen molar-refractivity contribution in [1.29, 1.82) is 0 Å². The van der Waals surface area contributed by atoms with E-state index >= 15 is 0 Å². The lowest BCUT2D eigenvalue weighted by Gasteiger charge is -2.14. The van der Waals surface area contributed by atoms with Crippen molar-refractivity contribution < 1.29 is 110 Å². The molecule has 0 aliphatic carbocycles. The van der Waals surface area contributed by atoms with Gasteiger partial charge in [-0.25, -0.2) is 25.8 Å². The van der Waals surface area contributed by atoms with Gasteiger partial charge in [0.1, 0.15) is 54.4 Å². The van der Waals surface area contributed by atoms with Gasteiger partial charge in [0.25, 0.3) is 30.4 Å². The molecule has 0 atom stereocenters. The third-order valence-electron chi connectivity index (χ3n) is 8.69. The van der Waals surface area contributed by atoms with Gasteiger partial charge in [-0.05, 0) is 84.0 Å². The predicted octanol–water partition coefficient (Wildman–Crippen LogP) is 4.09. The van der Waals surface area contributed by atoms with E-state index in [2.05, 4.69) is 49.3 Å². The van der Waals surface area contributed by atoms with Gasteiger partial charge in [-0.3, -0.25) is 27.7 Å². The minimum Gasteiger partial charge on any atom is -0.478 e. The molecular weight excluding hydrogens is 1180 g/mol. The number of nitrogen functional groups attached to an aromatic ring is 2. The molecular formula is C34H34N8O25S8. The fraction of sp³-hybridized carbons (Fsp3) is 0.206. The number of hydrogen-bond donors (Lipinski definition) is 8. The molecule has 0 radical (unpaired) electrons. The van der Waals surface area contributed by atoms with Crippen molar-refractivity contribution in [3.63, 3.8) is 0 Å². The zero-order valence-corrected chi connectivity index (χ0v) is 43.5. The Labute approximate surface area is 429 Å². The van der Waals surface area contributed by atoms with Gasteiger partial charge in [-0.2, -0.15) is 42.1 Å². The maximum absolute atomic E-state index is 13.0. The van der Waals surface area contributed by atoms with E-state index < -0.39 is 170 Å². The van der Waals surface area contributed by atoms with Gasteiger partial charge >= 0.3 is 26.8 Å². The van der Waals surface area contributed by atoms with E-state index in [9.17, 15) is 82.5 Å². The maximum Gasteiger partial charge on any atom is 0.433 e. The molecule has 408 valence electrons. The van der Waals surface area contributed by atoms with Gasteiger partial charge in [0, 0.05) is 23.4 Å². The van der Waals surface area contributed by atoms with Crippen LogP contribution in [-0.2, 0) is 89.0 Å². The summed E-state index contributed by atoms with van der Waals surface area (Å²) < 4.78 is 230. The van der Waals surface area contributed by atoms with Crippen molar-refractivity contribution in [2.75, 3.05) is 42.8 Å². The molecule has 4 aromatic rings. The van der Waals surface area contributed by atoms with Crippen LogP contribution < -0.4 is 11.5 Å². The summed E-state index contributed by atoms with van der Waals surface area (Å²) in [7, 11) is -35.3. The topological polar surface area (TPSA) is 541 Å². The van der Waals surface area contributed by atoms with E-state index in [0.29, 0.717) is 42.1 Å². The smallest absolute Gasteiger partial charge is 0.433 e. The fourth-order valence-electron chi connectivity index (χ4n) is 5.52. The first kappa shape index (κ1) is 61.3. The summed E-state index contributed by atoms with van der Waals surface area (Å²) in [6.45, 7) is 0.744. The standard InChI is InChI=1S/C34H34N8O25S8/c1-2-64-10-3-14-69(45,46)20-5-8-23(26(17-20)72(52,53)54)38-41-32-28(34(43)44)31(40-37-22-7-4-19(16-25(22)71(49,50)51)68-13-11-65-67-75(61,62)63)29(35)33(30(32)36)42-39-24-9-6-21(18-27(24)73(55,56)57)70(47,48)15-12-66-74(58,59)60/h4-9,16-18H,2-3,10,12,14-15,35-36H2,1H3,(H,43,44)(H,49,50,51)(H,52,53,54)(H,55,56,57)(H,58,59,60)(H,61,62,63). The molecule has 0 unspecified atom stereocenters. The average molecular weight is 1210 g/mol. The first-order chi connectivity index (χ1) is 34.5. The molecule has 75 heavy (non-hydrogen) atoms. The van der Waals surface area contributed by atoms with Crippen LogP contribution in [0.5, 0.6) is 0 Å². The van der Waals surface area contributed by atoms with Gasteiger partial charge < -0.3 is 21.3 Å². The number of thioether (sulfide) groups is 1. The first-order valence-electron chi connectivity index (χ1n) is 19.2. The lowest BCUT2D eigenvalue weighted by molar-refractivity contribution is -0.135. The zero-order valence-electron chi connectivity index (χ0n) is 37.0. The number of carboxylic acid groups (broad SMARTS) is 1. The van der Waals surface area contributed by atoms with Crippen LogP contribution in [0.3, 0.4) is 0 Å². The Morgan fingerprint density at radius 1 is 0.587 bits per heavy atom. The van der Waals surface area contributed by atoms with E-state index in [1.165, 1.54) is 0 Å². The number of carboxylic acids is 1. The van der Waals surface area contributed by atoms with Crippen LogP contribution in [0.2, 0.25) is 0 Å². The van der Waals surface area contributed by atoms with Crippen molar-refractivity contribution in [2.45, 2.75) is 42.7 Å². The summed E-state index contributed by atoms with van der Waals surface area (Å²) in [5.41, 5.74) is 3.53. The second-order valence-corrected chi connectivity index (χ2v) is 25.1. The van der Waals surface area contributed by atoms with Crippen LogP contribution in [0, 0.1) is 11.4 Å². The summed E-state index contributed by atoms with van der Waals surface area (Å²) in [6.07, 6.45) is 1.63. The summed E-state index contributed by atoms with van der Waals surface area (Å²) in [6, 6.07) is 6.27. The Kier molecular flexibility index (Phi) is 19.8. The number of carbonyl (C=O) groups is 1. The normalized spacial score (nSPS) is 13.1. The Morgan fingerprint density at radius 2 is 1.03 bits per heavy atom. The number of nitrogens with zero attached hydrogens (tertiary/aromatic N) is 6. The highest BCUT2D eigenvalue weighted by Gasteiger charge is 2.29. The summed E-state index contributed by atoms with van der Waals surface area (Å²) >= 11 is 0.411. The molecule has 0 spiro atoms. The number of benzene rings is 4. The number of azo groups is 3. The average Bonchev–Trinajstić information content (AvgIpc) is 3.27. The molecule has 0 saturated carbocycles. The Bertz CT molecular complexity index is 3900. The second-order valence-electron chi connectivity index (χ2n) is 13.8. The van der Waals surface area contributed by atoms with E-state index in [0.717, 1.165) is 24.3 Å². The van der Waals surface area contributed by atoms with Crippen LogP contribution in [-0.4, -0.2) is 124 Å². The molecule has 33 nitrogen and oxygen atoms in total. The number of nitrogens with two attached hydrogens (primary N) is 2. The molecule has 0 aliphatic heterocycles. The zero-order chi connectivity index (χ0) is 56.5. The lowest BCUT2D eigenvalue weighted by Crippen LogP contribution is -2.16. The molecule has 0 saturated heterocycles. The van der Waals surface area contributed by atoms with Crippen LogP contribution in [0.25, 0.3) is 0 Å². The van der Waals surface area contributed by atoms with Crippen LogP contribution in [0.15, 0.2) is 115 Å². The molecule has 0 aliphatic rings. The minimum atomic E-state index is -5.49. The summed E-state index contributed by atoms with van der Waals surface area (Å²) in [5.74, 6) is -3.81. The largest absolute Gasteiger partial charge is 0.478 e. The van der Waals surface area contributed by atoms with Crippen molar-refractivity contribution in [3.05, 3.63) is 60.2 Å². The van der Waals surface area contributed by atoms with Gasteiger partial charge in [0.05, 0.1) is 39.3 Å². The number of ether oxygens (including phenoxy) is 1. The van der Waals surface area contributed by atoms with Crippen molar-refractivity contribution in [2.24, 2.45) is 30.7 Å². The Morgan fingerprint density at radius 3 is 1.45 bits per heavy atom. The third-order valence-corrected chi connectivity index (χ3v) is 16.2. The molecule has 0 aromatic heterocycles. The molecule has 0 fully saturated rings. The molecule has 0 bridgehead atoms. The maximum atomic E-state index is 13.0. The lowest BCUT2D eigenvalue weighted by atomic mass is 10.1. The molecule has 4 rings (SSSR count). The third kappa shape index (κ3) is 17.4. The van der Waals surface area contributed by atoms with Crippen LogP contribution in [0.4, 0.5) is 45.5 Å². The fourth-order valence-corrected chi connectivity index (χ4v) is 11.1. The monoisotopic (exact) mass is 1210 g/mol. The highest BCUT2D eigenvalue weighted by atomic mass is 32.3. The van der Waals surface area contributed by atoms with Crippen molar-refractivity contribution in [1.82, 2.24) is 0 Å². The Balaban J connectivity index is 2.02. The number of rotatable bonds is 24. The minimum absolute atomic E-state index is 0.00498. The van der Waals surface area contributed by atoms with E-state index in [1.54, 1.807) is 13.0 Å². The number of hydrogen-bond acceptors (Lipinski definition) is 28. The molecule has 10 N–H and O–H groups in total. The molecule has 4 aromatic carbocycles. The van der Waals surface area contributed by atoms with E-state index in [1.807, 2.05) is 0 Å². The van der Waals surface area contributed by atoms with E-state index in [4.69, 9.17) is 25.3 Å². The highest BCUT2D eigenvalue weighted by molar-refractivity contribution is 8.04. The predicted molar refractivity (Wildman–Crippen MR) is 254 cm³/mol. The van der Waals surface area contributed by atoms with Gasteiger partial charge in [-0.15, -0.1) is 30.7 Å². The molecule has 0 amide bonds.